The van der Waals surface area contributed by atoms with Crippen molar-refractivity contribution < 1.29 is 18.7 Å². The van der Waals surface area contributed by atoms with E-state index in [1.54, 1.807) is 24.3 Å². The molecule has 2 aromatic rings. The number of hydrogen-bond donors (Lipinski definition) is 1. The molecule has 1 aromatic carbocycles. The number of carbonyl (C=O) groups is 1. The van der Waals surface area contributed by atoms with Gasteiger partial charge in [-0.2, -0.15) is 0 Å². The van der Waals surface area contributed by atoms with Crippen LogP contribution in [0.2, 0.25) is 0 Å². The molecule has 0 radical (unpaired) electrons. The molecule has 1 aliphatic rings. The summed E-state index contributed by atoms with van der Waals surface area (Å²) in [6.07, 6.45) is -1.65. The topological polar surface area (TPSA) is 66.3 Å². The number of carboxylic acids is 1. The highest BCUT2D eigenvalue weighted by atomic mass is 79.9. The molecule has 5 nitrogen and oxygen atoms in total. The fourth-order valence-electron chi connectivity index (χ4n) is 2.72. The molecule has 0 aliphatic carbocycles. The number of aliphatic carboxylic acids is 1. The van der Waals surface area contributed by atoms with Crippen molar-refractivity contribution in [3.63, 3.8) is 0 Å². The van der Waals surface area contributed by atoms with E-state index in [-0.39, 0.29) is 5.95 Å². The SMILES string of the molecule is O=C(O)C1CCCN1c1nc(-c2ccc(Br)cc2)cc(C(F)F)n1. The van der Waals surface area contributed by atoms with E-state index in [0.717, 1.165) is 4.47 Å². The quantitative estimate of drug-likeness (QED) is 0.847. The maximum Gasteiger partial charge on any atom is 0.326 e. The number of carboxylic acid groups (broad SMARTS) is 1. The Morgan fingerprint density at radius 1 is 1.29 bits per heavy atom. The van der Waals surface area contributed by atoms with Crippen LogP contribution in [-0.4, -0.2) is 33.6 Å². The number of rotatable bonds is 4. The van der Waals surface area contributed by atoms with E-state index in [2.05, 4.69) is 25.9 Å². The third-order valence-electron chi connectivity index (χ3n) is 3.89. The minimum atomic E-state index is -2.76. The molecule has 1 fully saturated rings. The fraction of sp³-hybridized carbons (Fsp3) is 0.312. The van der Waals surface area contributed by atoms with E-state index in [1.165, 1.54) is 11.0 Å². The summed E-state index contributed by atoms with van der Waals surface area (Å²) < 4.78 is 27.3. The highest BCUT2D eigenvalue weighted by Crippen LogP contribution is 2.29. The number of hydrogen-bond acceptors (Lipinski definition) is 4. The molecule has 0 spiro atoms. The zero-order chi connectivity index (χ0) is 17.3. The van der Waals surface area contributed by atoms with Gasteiger partial charge in [0, 0.05) is 16.6 Å². The summed E-state index contributed by atoms with van der Waals surface area (Å²) >= 11 is 3.32. The summed E-state index contributed by atoms with van der Waals surface area (Å²) in [5.41, 5.74) is 0.600. The van der Waals surface area contributed by atoms with Crippen molar-refractivity contribution in [1.29, 1.82) is 0 Å². The molecule has 3 rings (SSSR count). The smallest absolute Gasteiger partial charge is 0.326 e. The van der Waals surface area contributed by atoms with E-state index < -0.39 is 24.1 Å². The van der Waals surface area contributed by atoms with Crippen LogP contribution < -0.4 is 4.90 Å². The Kier molecular flexibility index (Phi) is 4.75. The predicted octanol–water partition coefficient (Wildman–Crippen LogP) is 3.90. The lowest BCUT2D eigenvalue weighted by Gasteiger charge is -2.22. The zero-order valence-corrected chi connectivity index (χ0v) is 14.1. The number of alkyl halides is 2. The lowest BCUT2D eigenvalue weighted by atomic mass is 10.1. The number of benzene rings is 1. The summed E-state index contributed by atoms with van der Waals surface area (Å²) in [6.45, 7) is 0.434. The number of anilines is 1. The molecule has 1 saturated heterocycles. The van der Waals surface area contributed by atoms with Gasteiger partial charge in [-0.15, -0.1) is 0 Å². The average Bonchev–Trinajstić information content (AvgIpc) is 3.05. The van der Waals surface area contributed by atoms with Crippen LogP contribution in [0.4, 0.5) is 14.7 Å². The van der Waals surface area contributed by atoms with Gasteiger partial charge in [0.05, 0.1) is 5.69 Å². The first-order valence-electron chi connectivity index (χ1n) is 7.38. The second kappa shape index (κ2) is 6.80. The van der Waals surface area contributed by atoms with Crippen molar-refractivity contribution in [1.82, 2.24) is 9.97 Å². The number of aromatic nitrogens is 2. The molecule has 0 bridgehead atoms. The van der Waals surface area contributed by atoms with Crippen LogP contribution in [0.1, 0.15) is 25.0 Å². The molecule has 126 valence electrons. The van der Waals surface area contributed by atoms with Gasteiger partial charge < -0.3 is 10.0 Å². The lowest BCUT2D eigenvalue weighted by molar-refractivity contribution is -0.138. The molecule has 0 saturated carbocycles. The van der Waals surface area contributed by atoms with Crippen LogP contribution in [0.15, 0.2) is 34.8 Å². The van der Waals surface area contributed by atoms with E-state index in [0.29, 0.717) is 30.6 Å². The fourth-order valence-corrected chi connectivity index (χ4v) is 2.99. The van der Waals surface area contributed by atoms with E-state index in [1.807, 2.05) is 0 Å². The van der Waals surface area contributed by atoms with Crippen molar-refractivity contribution >= 4 is 27.8 Å². The van der Waals surface area contributed by atoms with Gasteiger partial charge in [0.15, 0.2) is 0 Å². The molecular formula is C16H14BrF2N3O2. The van der Waals surface area contributed by atoms with Crippen LogP contribution in [0.5, 0.6) is 0 Å². The maximum atomic E-state index is 13.2. The van der Waals surface area contributed by atoms with Crippen LogP contribution in [0.3, 0.4) is 0 Å². The monoisotopic (exact) mass is 397 g/mol. The molecular weight excluding hydrogens is 384 g/mol. The van der Waals surface area contributed by atoms with Crippen molar-refractivity contribution in [2.45, 2.75) is 25.3 Å². The maximum absolute atomic E-state index is 13.2. The molecule has 8 heteroatoms. The summed E-state index contributed by atoms with van der Waals surface area (Å²) in [5.74, 6) is -0.959. The summed E-state index contributed by atoms with van der Waals surface area (Å²) in [6, 6.07) is 7.54. The van der Waals surface area contributed by atoms with Crippen LogP contribution in [-0.2, 0) is 4.79 Å². The van der Waals surface area contributed by atoms with Gasteiger partial charge in [-0.3, -0.25) is 0 Å². The van der Waals surface area contributed by atoms with Gasteiger partial charge in [0.1, 0.15) is 11.7 Å². The molecule has 0 amide bonds. The van der Waals surface area contributed by atoms with Gasteiger partial charge in [0.2, 0.25) is 5.95 Å². The van der Waals surface area contributed by atoms with Gasteiger partial charge in [-0.25, -0.2) is 23.5 Å². The Morgan fingerprint density at radius 2 is 2.00 bits per heavy atom. The highest BCUT2D eigenvalue weighted by molar-refractivity contribution is 9.10. The average molecular weight is 398 g/mol. The van der Waals surface area contributed by atoms with Crippen molar-refractivity contribution in [3.05, 3.63) is 40.5 Å². The molecule has 1 aliphatic heterocycles. The van der Waals surface area contributed by atoms with Crippen LogP contribution >= 0.6 is 15.9 Å². The molecule has 1 unspecified atom stereocenters. The minimum Gasteiger partial charge on any atom is -0.480 e. The zero-order valence-electron chi connectivity index (χ0n) is 12.5. The lowest BCUT2D eigenvalue weighted by Crippen LogP contribution is -2.37. The first-order chi connectivity index (χ1) is 11.5. The standard InChI is InChI=1S/C16H14BrF2N3O2/c17-10-5-3-9(4-6-10)11-8-12(14(18)19)21-16(20-11)22-7-1-2-13(22)15(23)24/h3-6,8,13-14H,1-2,7H2,(H,23,24). The van der Waals surface area contributed by atoms with Gasteiger partial charge in [0.25, 0.3) is 6.43 Å². The number of nitrogens with zero attached hydrogens (tertiary/aromatic N) is 3. The molecule has 1 N–H and O–H groups in total. The van der Waals surface area contributed by atoms with Crippen molar-refractivity contribution in [3.8, 4) is 11.3 Å². The Bertz CT molecular complexity index is 755. The van der Waals surface area contributed by atoms with E-state index in [4.69, 9.17) is 0 Å². The third kappa shape index (κ3) is 3.38. The first kappa shape index (κ1) is 16.8. The van der Waals surface area contributed by atoms with Crippen LogP contribution in [0, 0.1) is 0 Å². The minimum absolute atomic E-state index is 0.0376. The molecule has 1 aromatic heterocycles. The predicted molar refractivity (Wildman–Crippen MR) is 88.1 cm³/mol. The van der Waals surface area contributed by atoms with Crippen LogP contribution in [0.25, 0.3) is 11.3 Å². The normalized spacial score (nSPS) is 17.5. The molecule has 2 heterocycles. The Morgan fingerprint density at radius 3 is 2.62 bits per heavy atom. The third-order valence-corrected chi connectivity index (χ3v) is 4.42. The largest absolute Gasteiger partial charge is 0.480 e. The van der Waals surface area contributed by atoms with E-state index >= 15 is 0 Å². The number of halogens is 3. The summed E-state index contributed by atoms with van der Waals surface area (Å²) in [7, 11) is 0. The second-order valence-electron chi connectivity index (χ2n) is 5.48. The van der Waals surface area contributed by atoms with Crippen molar-refractivity contribution in [2.75, 3.05) is 11.4 Å². The second-order valence-corrected chi connectivity index (χ2v) is 6.39. The van der Waals surface area contributed by atoms with E-state index in [9.17, 15) is 18.7 Å². The molecule has 24 heavy (non-hydrogen) atoms. The Labute approximate surface area is 145 Å². The van der Waals surface area contributed by atoms with Gasteiger partial charge in [-0.1, -0.05) is 28.1 Å². The first-order valence-corrected chi connectivity index (χ1v) is 8.17. The summed E-state index contributed by atoms with van der Waals surface area (Å²) in [5, 5.41) is 9.29. The van der Waals surface area contributed by atoms with Gasteiger partial charge in [-0.05, 0) is 31.0 Å². The highest BCUT2D eigenvalue weighted by Gasteiger charge is 2.33. The van der Waals surface area contributed by atoms with Gasteiger partial charge >= 0.3 is 5.97 Å². The van der Waals surface area contributed by atoms with Crippen molar-refractivity contribution in [2.24, 2.45) is 0 Å². The molecule has 1 atom stereocenters. The Balaban J connectivity index is 2.06. The Hall–Kier alpha value is -2.09. The summed E-state index contributed by atoms with van der Waals surface area (Å²) in [4.78, 5) is 21.0.